The monoisotopic (exact) mass is 362 g/mol. The van der Waals surface area contributed by atoms with Gasteiger partial charge in [0.1, 0.15) is 0 Å². The van der Waals surface area contributed by atoms with Gasteiger partial charge in [-0.3, -0.25) is 4.79 Å². The van der Waals surface area contributed by atoms with Gasteiger partial charge in [-0.2, -0.15) is 0 Å². The average molecular weight is 362 g/mol. The first kappa shape index (κ1) is 19.4. The summed E-state index contributed by atoms with van der Waals surface area (Å²) in [5, 5.41) is 5.32. The highest BCUT2D eigenvalue weighted by Crippen LogP contribution is 2.37. The molecule has 0 unspecified atom stereocenters. The van der Waals surface area contributed by atoms with Gasteiger partial charge in [-0.1, -0.05) is 12.2 Å². The van der Waals surface area contributed by atoms with Gasteiger partial charge in [-0.05, 0) is 62.8 Å². The SMILES string of the molecule is C=CCC1(CC=C)CCCN1C(=O)c1cc(C)c(C)c(S(N)(=O)=O)c1. The summed E-state index contributed by atoms with van der Waals surface area (Å²) in [4.78, 5) is 15.0. The van der Waals surface area contributed by atoms with Gasteiger partial charge >= 0.3 is 0 Å². The van der Waals surface area contributed by atoms with E-state index in [2.05, 4.69) is 13.2 Å². The fourth-order valence-corrected chi connectivity index (χ4v) is 4.58. The molecule has 136 valence electrons. The smallest absolute Gasteiger partial charge is 0.254 e. The van der Waals surface area contributed by atoms with Crippen LogP contribution < -0.4 is 5.14 Å². The number of rotatable bonds is 6. The van der Waals surface area contributed by atoms with Crippen molar-refractivity contribution >= 4 is 15.9 Å². The van der Waals surface area contributed by atoms with Crippen molar-refractivity contribution in [1.29, 1.82) is 0 Å². The Hall–Kier alpha value is -1.92. The molecule has 0 saturated carbocycles. The Balaban J connectivity index is 2.51. The summed E-state index contributed by atoms with van der Waals surface area (Å²) in [5.74, 6) is -0.172. The van der Waals surface area contributed by atoms with E-state index in [-0.39, 0.29) is 16.3 Å². The Bertz CT molecular complexity index is 802. The lowest BCUT2D eigenvalue weighted by atomic mass is 9.87. The number of carbonyl (C=O) groups excluding carboxylic acids is 1. The zero-order valence-corrected chi connectivity index (χ0v) is 15.7. The van der Waals surface area contributed by atoms with Crippen molar-refractivity contribution in [2.24, 2.45) is 5.14 Å². The predicted molar refractivity (Wildman–Crippen MR) is 99.9 cm³/mol. The fourth-order valence-electron chi connectivity index (χ4n) is 3.70. The van der Waals surface area contributed by atoms with Crippen molar-refractivity contribution in [3.8, 4) is 0 Å². The lowest BCUT2D eigenvalue weighted by Crippen LogP contribution is -2.46. The van der Waals surface area contributed by atoms with E-state index >= 15 is 0 Å². The minimum atomic E-state index is -3.89. The Morgan fingerprint density at radius 3 is 2.40 bits per heavy atom. The Morgan fingerprint density at radius 2 is 1.88 bits per heavy atom. The summed E-state index contributed by atoms with van der Waals surface area (Å²) in [6, 6.07) is 3.13. The molecular formula is C19H26N2O3S. The Morgan fingerprint density at radius 1 is 1.28 bits per heavy atom. The first-order chi connectivity index (χ1) is 11.7. The number of likely N-dealkylation sites (tertiary alicyclic amines) is 1. The number of hydrogen-bond acceptors (Lipinski definition) is 3. The number of amides is 1. The molecule has 2 rings (SSSR count). The molecule has 1 aromatic rings. The fraction of sp³-hybridized carbons (Fsp3) is 0.421. The largest absolute Gasteiger partial charge is 0.332 e. The van der Waals surface area contributed by atoms with E-state index in [1.165, 1.54) is 6.07 Å². The molecule has 0 bridgehead atoms. The van der Waals surface area contributed by atoms with Crippen LogP contribution in [0.15, 0.2) is 42.3 Å². The van der Waals surface area contributed by atoms with Crippen molar-refractivity contribution in [3.05, 3.63) is 54.1 Å². The molecule has 1 aromatic carbocycles. The first-order valence-electron chi connectivity index (χ1n) is 8.34. The number of hydrogen-bond donors (Lipinski definition) is 1. The number of aryl methyl sites for hydroxylation is 1. The summed E-state index contributed by atoms with van der Waals surface area (Å²) in [7, 11) is -3.89. The molecule has 2 N–H and O–H groups in total. The van der Waals surface area contributed by atoms with E-state index in [0.717, 1.165) is 18.4 Å². The van der Waals surface area contributed by atoms with E-state index in [0.29, 0.717) is 30.5 Å². The normalized spacial score (nSPS) is 16.7. The molecule has 1 saturated heterocycles. The number of primary sulfonamides is 1. The minimum Gasteiger partial charge on any atom is -0.332 e. The van der Waals surface area contributed by atoms with Gasteiger partial charge in [-0.25, -0.2) is 13.6 Å². The number of carbonyl (C=O) groups is 1. The molecule has 6 heteroatoms. The van der Waals surface area contributed by atoms with Crippen molar-refractivity contribution in [2.45, 2.75) is 50.0 Å². The number of benzene rings is 1. The summed E-state index contributed by atoms with van der Waals surface area (Å²) in [6.07, 6.45) is 6.79. The van der Waals surface area contributed by atoms with E-state index < -0.39 is 10.0 Å². The number of sulfonamides is 1. The van der Waals surface area contributed by atoms with Gasteiger partial charge in [0.2, 0.25) is 10.0 Å². The molecule has 1 fully saturated rings. The third kappa shape index (κ3) is 3.70. The lowest BCUT2D eigenvalue weighted by molar-refractivity contribution is 0.0601. The van der Waals surface area contributed by atoms with Gasteiger partial charge in [0.25, 0.3) is 5.91 Å². The maximum atomic E-state index is 13.2. The van der Waals surface area contributed by atoms with Crippen LogP contribution in [0.4, 0.5) is 0 Å². The summed E-state index contributed by atoms with van der Waals surface area (Å²) in [6.45, 7) is 11.8. The van der Waals surface area contributed by atoms with E-state index in [1.54, 1.807) is 19.9 Å². The number of nitrogens with two attached hydrogens (primary N) is 1. The van der Waals surface area contributed by atoms with Crippen LogP contribution in [-0.4, -0.2) is 31.3 Å². The van der Waals surface area contributed by atoms with Crippen LogP contribution in [0.2, 0.25) is 0 Å². The molecule has 25 heavy (non-hydrogen) atoms. The third-order valence-corrected chi connectivity index (χ3v) is 6.10. The van der Waals surface area contributed by atoms with Crippen LogP contribution in [0, 0.1) is 13.8 Å². The topological polar surface area (TPSA) is 80.5 Å². The lowest BCUT2D eigenvalue weighted by Gasteiger charge is -2.37. The predicted octanol–water partition coefficient (Wildman–Crippen LogP) is 3.08. The zero-order valence-electron chi connectivity index (χ0n) is 14.9. The molecular weight excluding hydrogens is 336 g/mol. The number of nitrogens with zero attached hydrogens (tertiary/aromatic N) is 1. The zero-order chi connectivity index (χ0) is 18.8. The molecule has 0 aliphatic carbocycles. The molecule has 0 radical (unpaired) electrons. The van der Waals surface area contributed by atoms with Gasteiger partial charge in [0.05, 0.1) is 10.4 Å². The van der Waals surface area contributed by atoms with E-state index in [4.69, 9.17) is 5.14 Å². The first-order valence-corrected chi connectivity index (χ1v) is 9.89. The van der Waals surface area contributed by atoms with E-state index in [1.807, 2.05) is 17.1 Å². The second-order valence-corrected chi connectivity index (χ2v) is 8.26. The second-order valence-electron chi connectivity index (χ2n) is 6.73. The molecule has 1 amide bonds. The van der Waals surface area contributed by atoms with Crippen LogP contribution in [0.25, 0.3) is 0 Å². The van der Waals surface area contributed by atoms with Crippen molar-refractivity contribution in [2.75, 3.05) is 6.54 Å². The van der Waals surface area contributed by atoms with Crippen LogP contribution in [0.3, 0.4) is 0 Å². The van der Waals surface area contributed by atoms with Gasteiger partial charge < -0.3 is 4.90 Å². The summed E-state index contributed by atoms with van der Waals surface area (Å²) < 4.78 is 23.7. The molecule has 0 spiro atoms. The van der Waals surface area contributed by atoms with Gasteiger partial charge in [-0.15, -0.1) is 13.2 Å². The Kier molecular flexibility index (Phi) is 5.54. The van der Waals surface area contributed by atoms with Crippen LogP contribution in [-0.2, 0) is 10.0 Å². The maximum Gasteiger partial charge on any atom is 0.254 e. The average Bonchev–Trinajstić information content (AvgIpc) is 2.92. The molecule has 1 aliphatic heterocycles. The van der Waals surface area contributed by atoms with Crippen molar-refractivity contribution in [3.63, 3.8) is 0 Å². The van der Waals surface area contributed by atoms with Crippen molar-refractivity contribution in [1.82, 2.24) is 4.90 Å². The summed E-state index contributed by atoms with van der Waals surface area (Å²) >= 11 is 0. The highest BCUT2D eigenvalue weighted by atomic mass is 32.2. The van der Waals surface area contributed by atoms with E-state index in [9.17, 15) is 13.2 Å². The maximum absolute atomic E-state index is 13.2. The molecule has 5 nitrogen and oxygen atoms in total. The van der Waals surface area contributed by atoms with Gasteiger partial charge in [0, 0.05) is 12.1 Å². The van der Waals surface area contributed by atoms with Crippen molar-refractivity contribution < 1.29 is 13.2 Å². The standard InChI is InChI=1S/C19H26N2O3S/c1-5-8-19(9-6-2)10-7-11-21(19)18(22)16-12-14(3)15(4)17(13-16)25(20,23)24/h5-6,12-13H,1-2,7-11H2,3-4H3,(H2,20,23,24). The Labute approximate surface area is 150 Å². The third-order valence-electron chi connectivity index (χ3n) is 5.06. The van der Waals surface area contributed by atoms with Gasteiger partial charge in [0.15, 0.2) is 0 Å². The van der Waals surface area contributed by atoms with Crippen LogP contribution in [0.1, 0.15) is 47.2 Å². The summed E-state index contributed by atoms with van der Waals surface area (Å²) in [5.41, 5.74) is 1.32. The highest BCUT2D eigenvalue weighted by Gasteiger charge is 2.42. The van der Waals surface area contributed by atoms with Crippen LogP contribution >= 0.6 is 0 Å². The molecule has 1 heterocycles. The highest BCUT2D eigenvalue weighted by molar-refractivity contribution is 7.89. The molecule has 1 aliphatic rings. The second kappa shape index (κ2) is 7.14. The van der Waals surface area contributed by atoms with Crippen LogP contribution in [0.5, 0.6) is 0 Å². The molecule has 0 atom stereocenters. The molecule has 0 aromatic heterocycles. The quantitative estimate of drug-likeness (QED) is 0.790. The minimum absolute atomic E-state index is 0.00749.